The molecule has 4 rings (SSSR count). The number of halogens is 2. The smallest absolute Gasteiger partial charge is 0.168 e. The summed E-state index contributed by atoms with van der Waals surface area (Å²) in [6.45, 7) is 0. The summed E-state index contributed by atoms with van der Waals surface area (Å²) >= 11 is 9.61. The molecule has 0 bridgehead atoms. The summed E-state index contributed by atoms with van der Waals surface area (Å²) in [5, 5.41) is 12.3. The minimum absolute atomic E-state index is 0.690. The Morgan fingerprint density at radius 3 is 2.67 bits per heavy atom. The zero-order chi connectivity index (χ0) is 16.5. The van der Waals surface area contributed by atoms with Crippen molar-refractivity contribution in [2.75, 3.05) is 5.32 Å². The number of rotatable bonds is 3. The number of H-pyrrole nitrogens is 1. The van der Waals surface area contributed by atoms with E-state index in [0.717, 1.165) is 32.5 Å². The first-order valence-electron chi connectivity index (χ1n) is 7.33. The molecule has 0 spiro atoms. The van der Waals surface area contributed by atoms with E-state index in [1.165, 1.54) is 0 Å². The molecule has 24 heavy (non-hydrogen) atoms. The Morgan fingerprint density at radius 1 is 1.00 bits per heavy atom. The lowest BCUT2D eigenvalue weighted by Gasteiger charge is -2.05. The molecule has 0 unspecified atom stereocenters. The lowest BCUT2D eigenvalue weighted by molar-refractivity contribution is 1.09. The molecule has 0 aliphatic carbocycles. The first kappa shape index (κ1) is 15.2. The van der Waals surface area contributed by atoms with Gasteiger partial charge in [-0.2, -0.15) is 5.10 Å². The van der Waals surface area contributed by atoms with Crippen LogP contribution in [0.15, 0.2) is 65.1 Å². The molecule has 118 valence electrons. The maximum absolute atomic E-state index is 6.01. The number of aromatic nitrogens is 3. The van der Waals surface area contributed by atoms with E-state index in [4.69, 9.17) is 11.6 Å². The van der Waals surface area contributed by atoms with Crippen LogP contribution in [0.3, 0.4) is 0 Å². The summed E-state index contributed by atoms with van der Waals surface area (Å²) in [5.41, 5.74) is 2.86. The van der Waals surface area contributed by atoms with Gasteiger partial charge < -0.3 is 5.32 Å². The van der Waals surface area contributed by atoms with Crippen LogP contribution in [0.1, 0.15) is 0 Å². The summed E-state index contributed by atoms with van der Waals surface area (Å²) in [6.07, 6.45) is 0. The van der Waals surface area contributed by atoms with E-state index in [1.807, 2.05) is 60.7 Å². The molecule has 0 saturated carbocycles. The Labute approximate surface area is 152 Å². The monoisotopic (exact) mass is 398 g/mol. The normalized spacial score (nSPS) is 10.9. The largest absolute Gasteiger partial charge is 0.322 e. The first-order valence-corrected chi connectivity index (χ1v) is 8.50. The topological polar surface area (TPSA) is 53.6 Å². The molecule has 6 heteroatoms. The highest BCUT2D eigenvalue weighted by Crippen LogP contribution is 2.33. The van der Waals surface area contributed by atoms with Crippen LogP contribution in [0.4, 0.5) is 11.6 Å². The molecule has 2 aromatic carbocycles. The standard InChI is InChI=1S/C18H12BrClN4/c19-16-17(11-4-2-1-3-5-11)23-24-18(16)22-15-9-6-12-10-13(20)7-8-14(12)21-15/h1-10H,(H2,21,22,23,24). The second kappa shape index (κ2) is 6.26. The van der Waals surface area contributed by atoms with Crippen molar-refractivity contribution < 1.29 is 0 Å². The Morgan fingerprint density at radius 2 is 1.83 bits per heavy atom. The van der Waals surface area contributed by atoms with Crippen molar-refractivity contribution in [3.05, 3.63) is 70.2 Å². The van der Waals surface area contributed by atoms with Gasteiger partial charge in [0.2, 0.25) is 0 Å². The number of fused-ring (bicyclic) bond motifs is 1. The van der Waals surface area contributed by atoms with E-state index in [0.29, 0.717) is 10.8 Å². The Hall–Kier alpha value is -2.37. The van der Waals surface area contributed by atoms with Gasteiger partial charge in [-0.1, -0.05) is 41.9 Å². The van der Waals surface area contributed by atoms with Crippen LogP contribution >= 0.6 is 27.5 Å². The quantitative estimate of drug-likeness (QED) is 0.459. The fourth-order valence-corrected chi connectivity index (χ4v) is 3.18. The number of aromatic amines is 1. The van der Waals surface area contributed by atoms with E-state index in [9.17, 15) is 0 Å². The van der Waals surface area contributed by atoms with Gasteiger partial charge in [0, 0.05) is 16.0 Å². The lowest BCUT2D eigenvalue weighted by atomic mass is 10.1. The van der Waals surface area contributed by atoms with Gasteiger partial charge in [-0.15, -0.1) is 0 Å². The third-order valence-corrected chi connectivity index (χ3v) is 4.67. The highest BCUT2D eigenvalue weighted by Gasteiger charge is 2.12. The van der Waals surface area contributed by atoms with Crippen LogP contribution in [-0.4, -0.2) is 15.2 Å². The van der Waals surface area contributed by atoms with E-state index < -0.39 is 0 Å². The number of hydrogen-bond acceptors (Lipinski definition) is 3. The molecular formula is C18H12BrClN4. The van der Waals surface area contributed by atoms with Crippen molar-refractivity contribution in [2.45, 2.75) is 0 Å². The Balaban J connectivity index is 1.66. The number of benzene rings is 2. The zero-order valence-corrected chi connectivity index (χ0v) is 14.8. The fraction of sp³-hybridized carbons (Fsp3) is 0. The SMILES string of the molecule is Clc1ccc2nc(Nc3n[nH]c(-c4ccccc4)c3Br)ccc2c1. The van der Waals surface area contributed by atoms with Crippen LogP contribution in [0.25, 0.3) is 22.2 Å². The summed E-state index contributed by atoms with van der Waals surface area (Å²) in [6, 6.07) is 19.5. The molecule has 0 aliphatic rings. The average Bonchev–Trinajstić information content (AvgIpc) is 2.96. The molecule has 0 aliphatic heterocycles. The van der Waals surface area contributed by atoms with Gasteiger partial charge in [0.25, 0.3) is 0 Å². The minimum Gasteiger partial charge on any atom is -0.322 e. The van der Waals surface area contributed by atoms with Crippen molar-refractivity contribution in [1.82, 2.24) is 15.2 Å². The molecule has 0 fully saturated rings. The van der Waals surface area contributed by atoms with E-state index >= 15 is 0 Å². The Bertz CT molecular complexity index is 1010. The fourth-order valence-electron chi connectivity index (χ4n) is 2.49. The van der Waals surface area contributed by atoms with Crippen molar-refractivity contribution in [3.8, 4) is 11.3 Å². The highest BCUT2D eigenvalue weighted by molar-refractivity contribution is 9.10. The lowest BCUT2D eigenvalue weighted by Crippen LogP contribution is -1.94. The van der Waals surface area contributed by atoms with E-state index in [2.05, 4.69) is 36.4 Å². The highest BCUT2D eigenvalue weighted by atomic mass is 79.9. The van der Waals surface area contributed by atoms with Crippen LogP contribution < -0.4 is 5.32 Å². The van der Waals surface area contributed by atoms with Gasteiger partial charge in [-0.3, -0.25) is 5.10 Å². The van der Waals surface area contributed by atoms with Crippen LogP contribution in [0.5, 0.6) is 0 Å². The molecule has 0 saturated heterocycles. The Kier molecular flexibility index (Phi) is 3.96. The van der Waals surface area contributed by atoms with Crippen molar-refractivity contribution >= 4 is 50.1 Å². The van der Waals surface area contributed by atoms with Crippen molar-refractivity contribution in [1.29, 1.82) is 0 Å². The summed E-state index contributed by atoms with van der Waals surface area (Å²) in [5.74, 6) is 1.41. The molecule has 0 atom stereocenters. The molecule has 2 aromatic heterocycles. The summed E-state index contributed by atoms with van der Waals surface area (Å²) in [4.78, 5) is 4.59. The van der Waals surface area contributed by atoms with Crippen molar-refractivity contribution in [3.63, 3.8) is 0 Å². The molecule has 4 nitrogen and oxygen atoms in total. The zero-order valence-electron chi connectivity index (χ0n) is 12.4. The molecule has 2 heterocycles. The van der Waals surface area contributed by atoms with Crippen LogP contribution in [-0.2, 0) is 0 Å². The number of anilines is 2. The maximum atomic E-state index is 6.01. The second-order valence-corrected chi connectivity index (χ2v) is 6.52. The third-order valence-electron chi connectivity index (χ3n) is 3.67. The number of pyridine rings is 1. The second-order valence-electron chi connectivity index (χ2n) is 5.29. The minimum atomic E-state index is 0.690. The van der Waals surface area contributed by atoms with Gasteiger partial charge in [-0.05, 0) is 46.3 Å². The van der Waals surface area contributed by atoms with E-state index in [1.54, 1.807) is 0 Å². The number of nitrogens with zero attached hydrogens (tertiary/aromatic N) is 2. The number of nitrogens with one attached hydrogen (secondary N) is 2. The average molecular weight is 400 g/mol. The molecule has 4 aromatic rings. The van der Waals surface area contributed by atoms with Gasteiger partial charge in [0.1, 0.15) is 5.82 Å². The third kappa shape index (κ3) is 2.88. The predicted octanol–water partition coefficient (Wildman–Crippen LogP) is 5.78. The predicted molar refractivity (Wildman–Crippen MR) is 102 cm³/mol. The van der Waals surface area contributed by atoms with Crippen LogP contribution in [0, 0.1) is 0 Å². The van der Waals surface area contributed by atoms with Gasteiger partial charge in [-0.25, -0.2) is 4.98 Å². The summed E-state index contributed by atoms with van der Waals surface area (Å²) < 4.78 is 0.867. The first-order chi connectivity index (χ1) is 11.7. The number of hydrogen-bond donors (Lipinski definition) is 2. The van der Waals surface area contributed by atoms with E-state index in [-0.39, 0.29) is 0 Å². The molecule has 2 N–H and O–H groups in total. The molecule has 0 radical (unpaired) electrons. The van der Waals surface area contributed by atoms with Crippen LogP contribution in [0.2, 0.25) is 5.02 Å². The maximum Gasteiger partial charge on any atom is 0.168 e. The van der Waals surface area contributed by atoms with Crippen molar-refractivity contribution in [2.24, 2.45) is 0 Å². The molecular weight excluding hydrogens is 388 g/mol. The van der Waals surface area contributed by atoms with Gasteiger partial charge >= 0.3 is 0 Å². The van der Waals surface area contributed by atoms with Gasteiger partial charge in [0.05, 0.1) is 15.7 Å². The molecule has 0 amide bonds. The summed E-state index contributed by atoms with van der Waals surface area (Å²) in [7, 11) is 0. The van der Waals surface area contributed by atoms with Gasteiger partial charge in [0.15, 0.2) is 5.82 Å².